The number of carbonyl (C=O) groups excluding carboxylic acids is 3. The van der Waals surface area contributed by atoms with Crippen molar-refractivity contribution < 1.29 is 24.6 Å². The molecule has 6 N–H and O–H groups in total. The number of nitrogens with zero attached hydrogens (tertiary/aromatic N) is 2. The molecular formula is C32H46N6O5. The van der Waals surface area contributed by atoms with Gasteiger partial charge in [-0.3, -0.25) is 14.4 Å². The van der Waals surface area contributed by atoms with Gasteiger partial charge in [0.15, 0.2) is 0 Å². The van der Waals surface area contributed by atoms with E-state index in [9.17, 15) is 24.6 Å². The molecule has 4 atom stereocenters. The predicted molar refractivity (Wildman–Crippen MR) is 166 cm³/mol. The molecule has 11 nitrogen and oxygen atoms in total. The number of likely N-dealkylation sites (N-methyl/N-ethyl adjacent to an activating group) is 3. The SMILES string of the molecule is CNCCC[C@@H]1NC(=O)[C@@H](NC)Cc2cc(ccc2O)-c2ccc(O)c(c2)C[C@@H](C(=O)NCC2CCCN2C)N(C)C1=O. The van der Waals surface area contributed by atoms with Crippen molar-refractivity contribution in [2.45, 2.75) is 62.7 Å². The third kappa shape index (κ3) is 7.84. The first-order chi connectivity index (χ1) is 20.6. The lowest BCUT2D eigenvalue weighted by molar-refractivity contribution is -0.142. The molecule has 0 saturated carbocycles. The fourth-order valence-corrected chi connectivity index (χ4v) is 6.00. The van der Waals surface area contributed by atoms with Crippen molar-refractivity contribution in [2.75, 3.05) is 47.8 Å². The Balaban J connectivity index is 1.75. The third-order valence-electron chi connectivity index (χ3n) is 8.83. The molecule has 2 heterocycles. The Bertz CT molecular complexity index is 1300. The van der Waals surface area contributed by atoms with Crippen LogP contribution in [0.1, 0.15) is 36.8 Å². The van der Waals surface area contributed by atoms with Crippen molar-refractivity contribution in [3.8, 4) is 22.6 Å². The Hall–Kier alpha value is -3.67. The van der Waals surface area contributed by atoms with Crippen molar-refractivity contribution >= 4 is 17.7 Å². The summed E-state index contributed by atoms with van der Waals surface area (Å²) in [7, 11) is 7.11. The fraction of sp³-hybridized carbons (Fsp3) is 0.531. The summed E-state index contributed by atoms with van der Waals surface area (Å²) in [4.78, 5) is 45.0. The number of hydrogen-bond acceptors (Lipinski definition) is 8. The summed E-state index contributed by atoms with van der Waals surface area (Å²) < 4.78 is 0. The van der Waals surface area contributed by atoms with Crippen molar-refractivity contribution in [1.29, 1.82) is 0 Å². The summed E-state index contributed by atoms with van der Waals surface area (Å²) in [6.07, 6.45) is 3.33. The number of rotatable bonds is 8. The van der Waals surface area contributed by atoms with E-state index < -0.39 is 18.1 Å². The van der Waals surface area contributed by atoms with E-state index in [1.54, 1.807) is 38.4 Å². The van der Waals surface area contributed by atoms with Gasteiger partial charge in [-0.15, -0.1) is 0 Å². The molecular weight excluding hydrogens is 548 g/mol. The molecule has 0 spiro atoms. The smallest absolute Gasteiger partial charge is 0.245 e. The lowest BCUT2D eigenvalue weighted by Crippen LogP contribution is -2.57. The number of phenolic OH excluding ortho intramolecular Hbond substituents is 2. The van der Waals surface area contributed by atoms with Gasteiger partial charge in [-0.05, 0) is 106 Å². The van der Waals surface area contributed by atoms with E-state index in [4.69, 9.17) is 0 Å². The zero-order valence-corrected chi connectivity index (χ0v) is 25.7. The highest BCUT2D eigenvalue weighted by Crippen LogP contribution is 2.31. The Morgan fingerprint density at radius 3 is 2.23 bits per heavy atom. The van der Waals surface area contributed by atoms with Crippen molar-refractivity contribution in [2.24, 2.45) is 0 Å². The van der Waals surface area contributed by atoms with Crippen molar-refractivity contribution in [1.82, 2.24) is 31.1 Å². The molecule has 0 aliphatic carbocycles. The van der Waals surface area contributed by atoms with Gasteiger partial charge in [0, 0.05) is 32.5 Å². The molecule has 4 rings (SSSR count). The van der Waals surface area contributed by atoms with Crippen LogP contribution in [0.2, 0.25) is 0 Å². The highest BCUT2D eigenvalue weighted by Gasteiger charge is 2.34. The number of fused-ring (bicyclic) bond motifs is 5. The average Bonchev–Trinajstić information content (AvgIpc) is 3.41. The summed E-state index contributed by atoms with van der Waals surface area (Å²) >= 11 is 0. The van der Waals surface area contributed by atoms with Crippen LogP contribution in [-0.2, 0) is 27.2 Å². The highest BCUT2D eigenvalue weighted by molar-refractivity contribution is 5.93. The van der Waals surface area contributed by atoms with Crippen LogP contribution in [0, 0.1) is 0 Å². The summed E-state index contributed by atoms with van der Waals surface area (Å²) in [5.41, 5.74) is 2.66. The number of phenols is 2. The Kier molecular flexibility index (Phi) is 11.0. The van der Waals surface area contributed by atoms with Gasteiger partial charge in [-0.2, -0.15) is 0 Å². The second-order valence-corrected chi connectivity index (χ2v) is 11.7. The maximum atomic E-state index is 14.0. The Morgan fingerprint density at radius 1 is 1.00 bits per heavy atom. The molecule has 2 aromatic carbocycles. The van der Waals surface area contributed by atoms with E-state index in [1.807, 2.05) is 26.2 Å². The molecule has 2 aliphatic heterocycles. The number of carbonyl (C=O) groups is 3. The number of nitrogens with one attached hydrogen (secondary N) is 4. The second-order valence-electron chi connectivity index (χ2n) is 11.7. The first-order valence-electron chi connectivity index (χ1n) is 15.1. The molecule has 4 bridgehead atoms. The maximum absolute atomic E-state index is 14.0. The van der Waals surface area contributed by atoms with E-state index >= 15 is 0 Å². The van der Waals surface area contributed by atoms with Crippen LogP contribution in [0.5, 0.6) is 11.5 Å². The number of amides is 3. The molecule has 1 fully saturated rings. The van der Waals surface area contributed by atoms with Crippen LogP contribution in [0.3, 0.4) is 0 Å². The van der Waals surface area contributed by atoms with Gasteiger partial charge in [-0.1, -0.05) is 12.1 Å². The highest BCUT2D eigenvalue weighted by atomic mass is 16.3. The minimum atomic E-state index is -0.926. The summed E-state index contributed by atoms with van der Waals surface area (Å²) in [5, 5.41) is 33.6. The first-order valence-corrected chi connectivity index (χ1v) is 15.1. The standard InChI is InChI=1S/C32H46N6O5/c1-33-13-5-8-25-32(43)38(4)27(31(42)35-19-24-7-6-14-37(24)3)18-23-16-21(10-12-29(23)40)20-9-11-28(39)22(15-20)17-26(34-2)30(41)36-25/h9-12,15-16,24-27,33-34,39-40H,5-8,13-14,17-19H2,1-4H3,(H,35,42)(H,36,41)/t24?,25-,26-,27-/m0/s1. The third-order valence-corrected chi connectivity index (χ3v) is 8.83. The molecule has 1 saturated heterocycles. The fourth-order valence-electron chi connectivity index (χ4n) is 6.00. The van der Waals surface area contributed by atoms with Crippen LogP contribution in [0.4, 0.5) is 0 Å². The molecule has 3 amide bonds. The normalized spacial score (nSPS) is 23.4. The lowest BCUT2D eigenvalue weighted by Gasteiger charge is -2.32. The summed E-state index contributed by atoms with van der Waals surface area (Å²) in [6.45, 7) is 2.09. The Labute approximate surface area is 254 Å². The van der Waals surface area contributed by atoms with Gasteiger partial charge in [-0.25, -0.2) is 0 Å². The molecule has 1 unspecified atom stereocenters. The molecule has 11 heteroatoms. The van der Waals surface area contributed by atoms with Crippen molar-refractivity contribution in [3.63, 3.8) is 0 Å². The van der Waals surface area contributed by atoms with Crippen LogP contribution in [-0.4, -0.2) is 110 Å². The maximum Gasteiger partial charge on any atom is 0.245 e. The van der Waals surface area contributed by atoms with Gasteiger partial charge < -0.3 is 41.3 Å². The predicted octanol–water partition coefficient (Wildman–Crippen LogP) is 0.973. The number of hydrogen-bond donors (Lipinski definition) is 6. The largest absolute Gasteiger partial charge is 0.508 e. The topological polar surface area (TPSA) is 146 Å². The van der Waals surface area contributed by atoms with Crippen LogP contribution >= 0.6 is 0 Å². The lowest BCUT2D eigenvalue weighted by atomic mass is 9.95. The van der Waals surface area contributed by atoms with Gasteiger partial charge >= 0.3 is 0 Å². The molecule has 2 aliphatic rings. The first kappa shape index (κ1) is 32.2. The van der Waals surface area contributed by atoms with Gasteiger partial charge in [0.25, 0.3) is 0 Å². The van der Waals surface area contributed by atoms with E-state index in [2.05, 4.69) is 26.2 Å². The number of benzene rings is 2. The van der Waals surface area contributed by atoms with Gasteiger partial charge in [0.1, 0.15) is 23.6 Å². The molecule has 0 radical (unpaired) electrons. The summed E-state index contributed by atoms with van der Waals surface area (Å²) in [6, 6.07) is 8.08. The molecule has 43 heavy (non-hydrogen) atoms. The molecule has 2 aromatic rings. The van der Waals surface area contributed by atoms with E-state index in [1.165, 1.54) is 4.90 Å². The molecule has 0 aromatic heterocycles. The van der Waals surface area contributed by atoms with Crippen LogP contribution in [0.25, 0.3) is 11.1 Å². The summed E-state index contributed by atoms with van der Waals surface area (Å²) in [5.74, 6) is -0.986. The van der Waals surface area contributed by atoms with Gasteiger partial charge in [0.05, 0.1) is 6.04 Å². The average molecular weight is 595 g/mol. The quantitative estimate of drug-likeness (QED) is 0.248. The van der Waals surface area contributed by atoms with Crippen LogP contribution < -0.4 is 21.3 Å². The minimum absolute atomic E-state index is 0.0235. The Morgan fingerprint density at radius 2 is 1.65 bits per heavy atom. The zero-order valence-electron chi connectivity index (χ0n) is 25.7. The van der Waals surface area contributed by atoms with E-state index in [-0.39, 0.29) is 48.1 Å². The minimum Gasteiger partial charge on any atom is -0.508 e. The second kappa shape index (κ2) is 14.7. The number of aromatic hydroxyl groups is 2. The zero-order chi connectivity index (χ0) is 31.1. The van der Waals surface area contributed by atoms with E-state index in [0.717, 1.165) is 30.5 Å². The monoisotopic (exact) mass is 594 g/mol. The number of likely N-dealkylation sites (tertiary alicyclic amines) is 1. The molecule has 234 valence electrons. The van der Waals surface area contributed by atoms with Gasteiger partial charge in [0.2, 0.25) is 17.7 Å². The van der Waals surface area contributed by atoms with E-state index in [0.29, 0.717) is 37.1 Å². The van der Waals surface area contributed by atoms with Crippen molar-refractivity contribution in [3.05, 3.63) is 47.5 Å². The van der Waals surface area contributed by atoms with Crippen LogP contribution in [0.15, 0.2) is 36.4 Å².